The van der Waals surface area contributed by atoms with Crippen LogP contribution in [0.4, 0.5) is 11.4 Å². The standard InChI is InChI=1S/C21H23N5O3S/c1-13-4-6-15(7-5-13)20-24-25-21(30)26(20)11-10-19(28)23-16-8-9-18(29-3)17(12-16)22-14(2)27/h4-9,12H,10-11H2,1-3H3,(H,22,27)(H,23,28)(H,25,30). The zero-order valence-electron chi connectivity index (χ0n) is 17.0. The van der Waals surface area contributed by atoms with Gasteiger partial charge in [0.1, 0.15) is 5.75 Å². The summed E-state index contributed by atoms with van der Waals surface area (Å²) in [5.74, 6) is 0.780. The number of ether oxygens (including phenoxy) is 1. The monoisotopic (exact) mass is 425 g/mol. The van der Waals surface area contributed by atoms with Gasteiger partial charge in [-0.15, -0.1) is 0 Å². The van der Waals surface area contributed by atoms with Crippen LogP contribution in [0, 0.1) is 11.7 Å². The van der Waals surface area contributed by atoms with Gasteiger partial charge in [0, 0.05) is 31.1 Å². The van der Waals surface area contributed by atoms with E-state index in [1.165, 1.54) is 14.0 Å². The van der Waals surface area contributed by atoms with Crippen LogP contribution in [0.2, 0.25) is 0 Å². The summed E-state index contributed by atoms with van der Waals surface area (Å²) in [6.45, 7) is 3.80. The van der Waals surface area contributed by atoms with Gasteiger partial charge in [0.2, 0.25) is 11.8 Å². The Morgan fingerprint density at radius 1 is 1.17 bits per heavy atom. The van der Waals surface area contributed by atoms with E-state index in [1.807, 2.05) is 31.2 Å². The van der Waals surface area contributed by atoms with Crippen molar-refractivity contribution in [3.63, 3.8) is 0 Å². The molecular formula is C21H23N5O3S. The summed E-state index contributed by atoms with van der Waals surface area (Å²) in [6.07, 6.45) is 0.203. The number of amides is 2. The molecule has 0 bridgehead atoms. The maximum atomic E-state index is 12.5. The first-order valence-electron chi connectivity index (χ1n) is 9.35. The lowest BCUT2D eigenvalue weighted by Crippen LogP contribution is -2.15. The predicted molar refractivity (Wildman–Crippen MR) is 118 cm³/mol. The number of anilines is 2. The fourth-order valence-corrected chi connectivity index (χ4v) is 3.18. The molecule has 1 heterocycles. The minimum Gasteiger partial charge on any atom is -0.495 e. The van der Waals surface area contributed by atoms with E-state index in [0.717, 1.165) is 11.1 Å². The van der Waals surface area contributed by atoms with Crippen LogP contribution in [0.25, 0.3) is 11.4 Å². The van der Waals surface area contributed by atoms with Crippen molar-refractivity contribution in [1.29, 1.82) is 0 Å². The van der Waals surface area contributed by atoms with Crippen LogP contribution in [0.15, 0.2) is 42.5 Å². The van der Waals surface area contributed by atoms with E-state index in [1.54, 1.807) is 22.8 Å². The van der Waals surface area contributed by atoms with Crippen LogP contribution in [0.5, 0.6) is 5.75 Å². The molecule has 0 unspecified atom stereocenters. The summed E-state index contributed by atoms with van der Waals surface area (Å²) in [5, 5.41) is 12.6. The van der Waals surface area contributed by atoms with Crippen molar-refractivity contribution < 1.29 is 14.3 Å². The number of methoxy groups -OCH3 is 1. The average Bonchev–Trinajstić information content (AvgIpc) is 3.07. The quantitative estimate of drug-likeness (QED) is 0.498. The molecule has 0 saturated carbocycles. The highest BCUT2D eigenvalue weighted by Gasteiger charge is 2.12. The zero-order chi connectivity index (χ0) is 21.7. The second kappa shape index (κ2) is 9.36. The molecule has 2 aromatic carbocycles. The molecule has 3 aromatic rings. The number of hydrogen-bond donors (Lipinski definition) is 3. The number of H-pyrrole nitrogens is 1. The maximum absolute atomic E-state index is 12.5. The molecule has 0 spiro atoms. The van der Waals surface area contributed by atoms with Gasteiger partial charge in [-0.2, -0.15) is 5.10 Å². The van der Waals surface area contributed by atoms with Gasteiger partial charge < -0.3 is 15.4 Å². The smallest absolute Gasteiger partial charge is 0.226 e. The van der Waals surface area contributed by atoms with Crippen molar-refractivity contribution in [3.05, 3.63) is 52.8 Å². The third kappa shape index (κ3) is 5.12. The Bertz CT molecular complexity index is 1120. The van der Waals surface area contributed by atoms with Gasteiger partial charge in [0.15, 0.2) is 10.6 Å². The predicted octanol–water partition coefficient (Wildman–Crippen LogP) is 3.91. The number of aromatic amines is 1. The van der Waals surface area contributed by atoms with Crippen molar-refractivity contribution in [2.45, 2.75) is 26.8 Å². The van der Waals surface area contributed by atoms with Gasteiger partial charge in [0.25, 0.3) is 0 Å². The molecular weight excluding hydrogens is 402 g/mol. The van der Waals surface area contributed by atoms with Crippen LogP contribution < -0.4 is 15.4 Å². The topological polar surface area (TPSA) is 101 Å². The normalized spacial score (nSPS) is 10.5. The van der Waals surface area contributed by atoms with Crippen LogP contribution in [0.1, 0.15) is 18.9 Å². The number of carbonyl (C=O) groups excluding carboxylic acids is 2. The maximum Gasteiger partial charge on any atom is 0.226 e. The third-order valence-corrected chi connectivity index (χ3v) is 4.74. The molecule has 0 aliphatic carbocycles. The van der Waals surface area contributed by atoms with Gasteiger partial charge in [0.05, 0.1) is 12.8 Å². The van der Waals surface area contributed by atoms with Gasteiger partial charge >= 0.3 is 0 Å². The van der Waals surface area contributed by atoms with E-state index < -0.39 is 0 Å². The highest BCUT2D eigenvalue weighted by molar-refractivity contribution is 7.71. The number of nitrogens with zero attached hydrogens (tertiary/aromatic N) is 2. The largest absolute Gasteiger partial charge is 0.495 e. The van der Waals surface area contributed by atoms with E-state index in [4.69, 9.17) is 17.0 Å². The average molecular weight is 426 g/mol. The highest BCUT2D eigenvalue weighted by atomic mass is 32.1. The number of rotatable bonds is 7. The van der Waals surface area contributed by atoms with E-state index >= 15 is 0 Å². The molecule has 8 nitrogen and oxygen atoms in total. The Morgan fingerprint density at radius 2 is 1.90 bits per heavy atom. The third-order valence-electron chi connectivity index (χ3n) is 4.42. The summed E-state index contributed by atoms with van der Waals surface area (Å²) in [7, 11) is 1.51. The van der Waals surface area contributed by atoms with E-state index in [0.29, 0.717) is 34.3 Å². The van der Waals surface area contributed by atoms with Crippen molar-refractivity contribution >= 4 is 35.4 Å². The van der Waals surface area contributed by atoms with E-state index in [9.17, 15) is 9.59 Å². The summed E-state index contributed by atoms with van der Waals surface area (Å²) in [5.41, 5.74) is 3.11. The number of carbonyl (C=O) groups is 2. The van der Waals surface area contributed by atoms with Crippen molar-refractivity contribution in [2.24, 2.45) is 0 Å². The zero-order valence-corrected chi connectivity index (χ0v) is 17.8. The van der Waals surface area contributed by atoms with Crippen LogP contribution in [-0.4, -0.2) is 33.7 Å². The highest BCUT2D eigenvalue weighted by Crippen LogP contribution is 2.28. The fourth-order valence-electron chi connectivity index (χ4n) is 2.96. The minimum atomic E-state index is -0.227. The molecule has 3 rings (SSSR count). The number of hydrogen-bond acceptors (Lipinski definition) is 5. The summed E-state index contributed by atoms with van der Waals surface area (Å²) < 4.78 is 7.48. The Kier molecular flexibility index (Phi) is 6.63. The fraction of sp³-hybridized carbons (Fsp3) is 0.238. The minimum absolute atomic E-state index is 0.188. The molecule has 3 N–H and O–H groups in total. The van der Waals surface area contributed by atoms with Crippen LogP contribution >= 0.6 is 12.2 Å². The molecule has 0 radical (unpaired) electrons. The first kappa shape index (κ1) is 21.3. The van der Waals surface area contributed by atoms with Gasteiger partial charge in [-0.1, -0.05) is 29.8 Å². The van der Waals surface area contributed by atoms with Crippen molar-refractivity contribution in [1.82, 2.24) is 14.8 Å². The first-order valence-corrected chi connectivity index (χ1v) is 9.76. The lowest BCUT2D eigenvalue weighted by atomic mass is 10.1. The number of benzene rings is 2. The number of aryl methyl sites for hydroxylation is 1. The molecule has 0 aliphatic rings. The Labute approximate surface area is 179 Å². The van der Waals surface area contributed by atoms with Gasteiger partial charge in [-0.3, -0.25) is 19.3 Å². The molecule has 156 valence electrons. The molecule has 0 atom stereocenters. The molecule has 0 saturated heterocycles. The number of aromatic nitrogens is 3. The Morgan fingerprint density at radius 3 is 2.57 bits per heavy atom. The van der Waals surface area contributed by atoms with Crippen LogP contribution in [-0.2, 0) is 16.1 Å². The molecule has 0 fully saturated rings. The van der Waals surface area contributed by atoms with E-state index in [-0.39, 0.29) is 18.2 Å². The summed E-state index contributed by atoms with van der Waals surface area (Å²) >= 11 is 5.32. The van der Waals surface area contributed by atoms with Gasteiger partial charge in [-0.05, 0) is 37.3 Å². The SMILES string of the molecule is COc1ccc(NC(=O)CCn2c(-c3ccc(C)cc3)n[nH]c2=S)cc1NC(C)=O. The van der Waals surface area contributed by atoms with Crippen LogP contribution in [0.3, 0.4) is 0 Å². The lowest BCUT2D eigenvalue weighted by Gasteiger charge is -2.12. The summed E-state index contributed by atoms with van der Waals surface area (Å²) in [4.78, 5) is 23.9. The van der Waals surface area contributed by atoms with E-state index in [2.05, 4.69) is 20.8 Å². The second-order valence-corrected chi connectivity index (χ2v) is 7.15. The second-order valence-electron chi connectivity index (χ2n) is 6.76. The van der Waals surface area contributed by atoms with Crippen molar-refractivity contribution in [2.75, 3.05) is 17.7 Å². The molecule has 30 heavy (non-hydrogen) atoms. The van der Waals surface area contributed by atoms with Crippen molar-refractivity contribution in [3.8, 4) is 17.1 Å². The van der Waals surface area contributed by atoms with Gasteiger partial charge in [-0.25, -0.2) is 0 Å². The molecule has 1 aromatic heterocycles. The molecule has 9 heteroatoms. The number of nitrogens with one attached hydrogen (secondary N) is 3. The Hall–Kier alpha value is -3.46. The first-order chi connectivity index (χ1) is 14.4. The Balaban J connectivity index is 1.70. The molecule has 2 amide bonds. The summed E-state index contributed by atoms with van der Waals surface area (Å²) in [6, 6.07) is 13.0. The lowest BCUT2D eigenvalue weighted by molar-refractivity contribution is -0.116. The molecule has 0 aliphatic heterocycles.